The molecule has 0 saturated heterocycles. The number of aromatic nitrogens is 3. The van der Waals surface area contributed by atoms with Crippen molar-refractivity contribution in [3.8, 4) is 78.5 Å². The van der Waals surface area contributed by atoms with E-state index in [1.54, 1.807) is 0 Å². The highest BCUT2D eigenvalue weighted by Crippen LogP contribution is 2.42. The molecule has 0 unspecified atom stereocenters. The molecule has 2 heterocycles. The minimum atomic E-state index is 0.692. The summed E-state index contributed by atoms with van der Waals surface area (Å²) in [5.74, 6) is 0.692. The quantitative estimate of drug-likeness (QED) is 0.150. The number of rotatable bonds is 7. The molecule has 0 radical (unpaired) electrons. The molecule has 13 rings (SSSR count). The van der Waals surface area contributed by atoms with Gasteiger partial charge < -0.3 is 0 Å². The lowest BCUT2D eigenvalue weighted by atomic mass is 9.91. The molecule has 316 valence electrons. The number of para-hydroxylation sites is 1. The number of pyridine rings is 1. The molecule has 0 spiro atoms. The Balaban J connectivity index is 0.923. The molecule has 2 aromatic heterocycles. The number of nitrogens with zero attached hydrogens (tertiary/aromatic N) is 3. The van der Waals surface area contributed by atoms with Gasteiger partial charge in [0.05, 0.1) is 22.6 Å². The van der Waals surface area contributed by atoms with E-state index in [0.717, 1.165) is 66.8 Å². The molecule has 13 aromatic rings. The van der Waals surface area contributed by atoms with Gasteiger partial charge >= 0.3 is 0 Å². The Labute approximate surface area is 394 Å². The number of benzene rings is 11. The van der Waals surface area contributed by atoms with Crippen LogP contribution in [0.5, 0.6) is 0 Å². The van der Waals surface area contributed by atoms with Gasteiger partial charge in [-0.25, -0.2) is 15.0 Å². The number of fused-ring (bicyclic) bond motifs is 8. The molecular formula is C65H41N3. The maximum Gasteiger partial charge on any atom is 0.160 e. The van der Waals surface area contributed by atoms with Gasteiger partial charge in [0.25, 0.3) is 0 Å². The molecule has 11 aromatic carbocycles. The number of hydrogen-bond donors (Lipinski definition) is 0. The van der Waals surface area contributed by atoms with E-state index in [2.05, 4.69) is 224 Å². The van der Waals surface area contributed by atoms with Crippen LogP contribution in [0, 0.1) is 0 Å². The first kappa shape index (κ1) is 39.3. The monoisotopic (exact) mass is 863 g/mol. The first-order valence-electron chi connectivity index (χ1n) is 23.2. The minimum absolute atomic E-state index is 0.692. The number of hydrogen-bond acceptors (Lipinski definition) is 3. The van der Waals surface area contributed by atoms with Gasteiger partial charge in [0.2, 0.25) is 0 Å². The third-order valence-corrected chi connectivity index (χ3v) is 13.5. The predicted octanol–water partition coefficient (Wildman–Crippen LogP) is 17.3. The van der Waals surface area contributed by atoms with Gasteiger partial charge in [0, 0.05) is 44.0 Å². The van der Waals surface area contributed by atoms with E-state index in [-0.39, 0.29) is 0 Å². The third-order valence-electron chi connectivity index (χ3n) is 13.5. The van der Waals surface area contributed by atoms with Crippen molar-refractivity contribution in [1.82, 2.24) is 15.0 Å². The zero-order valence-electron chi connectivity index (χ0n) is 37.0. The lowest BCUT2D eigenvalue weighted by Crippen LogP contribution is -1.96. The van der Waals surface area contributed by atoms with Crippen molar-refractivity contribution in [2.75, 3.05) is 0 Å². The highest BCUT2D eigenvalue weighted by Gasteiger charge is 2.18. The second-order valence-electron chi connectivity index (χ2n) is 17.5. The summed E-state index contributed by atoms with van der Waals surface area (Å²) >= 11 is 0. The molecule has 0 aliphatic heterocycles. The molecule has 0 N–H and O–H groups in total. The molecule has 3 nitrogen and oxygen atoms in total. The Morgan fingerprint density at radius 2 is 0.735 bits per heavy atom. The lowest BCUT2D eigenvalue weighted by Gasteiger charge is -2.16. The Kier molecular flexibility index (Phi) is 9.50. The van der Waals surface area contributed by atoms with Gasteiger partial charge in [-0.1, -0.05) is 237 Å². The lowest BCUT2D eigenvalue weighted by molar-refractivity contribution is 1.18. The maximum atomic E-state index is 5.63. The van der Waals surface area contributed by atoms with Gasteiger partial charge in [-0.05, 0) is 72.3 Å². The molecule has 0 atom stereocenters. The minimum Gasteiger partial charge on any atom is -0.246 e. The Morgan fingerprint density at radius 1 is 0.235 bits per heavy atom. The fourth-order valence-electron chi connectivity index (χ4n) is 10.1. The van der Waals surface area contributed by atoms with E-state index < -0.39 is 0 Å². The summed E-state index contributed by atoms with van der Waals surface area (Å²) in [6, 6.07) is 88.8. The van der Waals surface area contributed by atoms with Crippen molar-refractivity contribution in [3.63, 3.8) is 0 Å². The summed E-state index contributed by atoms with van der Waals surface area (Å²) in [6.45, 7) is 0. The normalized spacial score (nSPS) is 11.5. The molecule has 0 aliphatic rings. The van der Waals surface area contributed by atoms with E-state index in [1.165, 1.54) is 60.0 Å². The van der Waals surface area contributed by atoms with Crippen molar-refractivity contribution >= 4 is 54.0 Å². The molecule has 0 bridgehead atoms. The van der Waals surface area contributed by atoms with Crippen LogP contribution in [-0.2, 0) is 0 Å². The van der Waals surface area contributed by atoms with Crippen LogP contribution < -0.4 is 0 Å². The Hall–Kier alpha value is -9.05. The van der Waals surface area contributed by atoms with E-state index >= 15 is 0 Å². The molecular weight excluding hydrogens is 823 g/mol. The topological polar surface area (TPSA) is 38.7 Å². The molecule has 0 aliphatic carbocycles. The van der Waals surface area contributed by atoms with Crippen LogP contribution in [0.25, 0.3) is 133 Å². The average Bonchev–Trinajstić information content (AvgIpc) is 3.42. The van der Waals surface area contributed by atoms with Crippen molar-refractivity contribution < 1.29 is 0 Å². The second kappa shape index (κ2) is 16.4. The zero-order valence-corrected chi connectivity index (χ0v) is 37.0. The van der Waals surface area contributed by atoms with Gasteiger partial charge in [-0.3, -0.25) is 0 Å². The second-order valence-corrected chi connectivity index (χ2v) is 17.5. The van der Waals surface area contributed by atoms with E-state index in [0.29, 0.717) is 5.82 Å². The van der Waals surface area contributed by atoms with Crippen LogP contribution in [0.4, 0.5) is 0 Å². The van der Waals surface area contributed by atoms with Crippen LogP contribution in [-0.4, -0.2) is 15.0 Å². The Bertz CT molecular complexity index is 4030. The van der Waals surface area contributed by atoms with Crippen LogP contribution >= 0.6 is 0 Å². The van der Waals surface area contributed by atoms with Crippen molar-refractivity contribution in [3.05, 3.63) is 249 Å². The zero-order chi connectivity index (χ0) is 45.0. The third kappa shape index (κ3) is 6.88. The fraction of sp³-hybridized carbons (Fsp3) is 0. The summed E-state index contributed by atoms with van der Waals surface area (Å²) in [4.78, 5) is 15.9. The summed E-state index contributed by atoms with van der Waals surface area (Å²) in [5, 5.41) is 10.9. The van der Waals surface area contributed by atoms with Crippen LogP contribution in [0.1, 0.15) is 0 Å². The van der Waals surface area contributed by atoms with E-state index in [9.17, 15) is 0 Å². The van der Waals surface area contributed by atoms with E-state index in [4.69, 9.17) is 15.0 Å². The van der Waals surface area contributed by atoms with Gasteiger partial charge in [0.15, 0.2) is 5.82 Å². The van der Waals surface area contributed by atoms with E-state index in [1.807, 2.05) is 24.3 Å². The molecule has 0 amide bonds. The Morgan fingerprint density at radius 3 is 1.43 bits per heavy atom. The average molecular weight is 864 g/mol. The SMILES string of the molecule is c1ccc(-c2ccc(-c3cc(-c4ccc(-c5cccc6c5nc(-c5ccc(-c7cc8ccccc8c8ccccc78)cc5)c5ccc7ccccc7c56)cc4)nc(-c4ccccc4)n3)cc2)cc1. The molecule has 68 heavy (non-hydrogen) atoms. The van der Waals surface area contributed by atoms with Gasteiger partial charge in [-0.2, -0.15) is 0 Å². The van der Waals surface area contributed by atoms with Crippen molar-refractivity contribution in [2.45, 2.75) is 0 Å². The van der Waals surface area contributed by atoms with Crippen LogP contribution in [0.2, 0.25) is 0 Å². The molecule has 0 saturated carbocycles. The van der Waals surface area contributed by atoms with Crippen LogP contribution in [0.3, 0.4) is 0 Å². The van der Waals surface area contributed by atoms with Crippen molar-refractivity contribution in [1.29, 1.82) is 0 Å². The summed E-state index contributed by atoms with van der Waals surface area (Å²) in [6.07, 6.45) is 0. The standard InChI is InChI=1S/C65H41N3/c1-3-14-42(15-4-1)43-26-32-47(33-27-43)60-41-61(67-65(66-60)50-17-5-2-6-18-50)48-34-28-45(29-35-48)54-24-13-25-57-62-53-21-10-7-16-44(53)38-39-58(62)63(68-64(54)57)49-36-30-46(31-37-49)59-40-51-19-8-9-20-52(51)55-22-11-12-23-56(55)59/h1-41H. The fourth-order valence-corrected chi connectivity index (χ4v) is 10.1. The molecule has 0 fully saturated rings. The largest absolute Gasteiger partial charge is 0.246 e. The van der Waals surface area contributed by atoms with Crippen molar-refractivity contribution in [2.24, 2.45) is 0 Å². The van der Waals surface area contributed by atoms with Gasteiger partial charge in [0.1, 0.15) is 0 Å². The first-order chi connectivity index (χ1) is 33.7. The summed E-state index contributed by atoms with van der Waals surface area (Å²) < 4.78 is 0. The maximum absolute atomic E-state index is 5.63. The predicted molar refractivity (Wildman–Crippen MR) is 285 cm³/mol. The summed E-state index contributed by atoms with van der Waals surface area (Å²) in [7, 11) is 0. The first-order valence-corrected chi connectivity index (χ1v) is 23.2. The highest BCUT2D eigenvalue weighted by molar-refractivity contribution is 6.24. The smallest absolute Gasteiger partial charge is 0.160 e. The molecule has 3 heteroatoms. The highest BCUT2D eigenvalue weighted by atomic mass is 14.9. The van der Waals surface area contributed by atoms with Gasteiger partial charge in [-0.15, -0.1) is 0 Å². The summed E-state index contributed by atoms with van der Waals surface area (Å²) in [5.41, 5.74) is 14.7. The van der Waals surface area contributed by atoms with Crippen LogP contribution in [0.15, 0.2) is 249 Å².